The van der Waals surface area contributed by atoms with E-state index in [1.54, 1.807) is 0 Å². The van der Waals surface area contributed by atoms with E-state index in [2.05, 4.69) is 32.3 Å². The normalized spacial score (nSPS) is 16.0. The molecule has 0 radical (unpaired) electrons. The summed E-state index contributed by atoms with van der Waals surface area (Å²) in [4.78, 5) is 18.4. The molecule has 0 unspecified atom stereocenters. The van der Waals surface area contributed by atoms with Gasteiger partial charge in [0, 0.05) is 25.3 Å². The van der Waals surface area contributed by atoms with Gasteiger partial charge in [-0.25, -0.2) is 4.68 Å². The zero-order valence-corrected chi connectivity index (χ0v) is 19.8. The molecular weight excluding hydrogens is 416 g/mol. The first-order valence-electron chi connectivity index (χ1n) is 12.4. The van der Waals surface area contributed by atoms with Crippen LogP contribution in [0.3, 0.4) is 0 Å². The van der Waals surface area contributed by atoms with Gasteiger partial charge in [0.2, 0.25) is 0 Å². The Balaban J connectivity index is 1.68. The van der Waals surface area contributed by atoms with E-state index in [4.69, 9.17) is 0 Å². The lowest BCUT2D eigenvalue weighted by atomic mass is 9.95. The van der Waals surface area contributed by atoms with Crippen molar-refractivity contribution < 1.29 is 5.11 Å². The number of fused-ring (bicyclic) bond motifs is 1. The Morgan fingerprint density at radius 2 is 2.09 bits per heavy atom. The van der Waals surface area contributed by atoms with Gasteiger partial charge in [-0.3, -0.25) is 9.69 Å². The number of hydrogen-bond acceptors (Lipinski definition) is 6. The Morgan fingerprint density at radius 3 is 2.85 bits per heavy atom. The highest BCUT2D eigenvalue weighted by Gasteiger charge is 2.29. The average molecular weight is 453 g/mol. The van der Waals surface area contributed by atoms with Crippen LogP contribution in [0.25, 0.3) is 10.9 Å². The second-order valence-corrected chi connectivity index (χ2v) is 9.29. The van der Waals surface area contributed by atoms with Gasteiger partial charge in [-0.2, -0.15) is 0 Å². The Bertz CT molecular complexity index is 1100. The molecule has 1 saturated carbocycles. The fourth-order valence-electron chi connectivity index (χ4n) is 5.14. The number of hydrogen-bond donors (Lipinski definition) is 2. The number of tetrazole rings is 1. The number of aliphatic hydroxyl groups excluding tert-OH is 1. The van der Waals surface area contributed by atoms with E-state index in [0.717, 1.165) is 53.5 Å². The predicted molar refractivity (Wildman–Crippen MR) is 129 cm³/mol. The van der Waals surface area contributed by atoms with E-state index >= 15 is 0 Å². The van der Waals surface area contributed by atoms with Crippen LogP contribution in [-0.2, 0) is 6.54 Å². The number of para-hydroxylation sites is 1. The van der Waals surface area contributed by atoms with Gasteiger partial charge in [0.25, 0.3) is 5.56 Å². The predicted octanol–water partition coefficient (Wildman–Crippen LogP) is 4.05. The van der Waals surface area contributed by atoms with Crippen LogP contribution in [0.5, 0.6) is 0 Å². The second-order valence-electron chi connectivity index (χ2n) is 9.29. The third-order valence-corrected chi connectivity index (χ3v) is 6.88. The average Bonchev–Trinajstić information content (AvgIpc) is 3.31. The molecule has 3 aromatic rings. The number of benzene rings is 1. The molecule has 1 aliphatic carbocycles. The number of aryl methyl sites for hydroxylation is 1. The van der Waals surface area contributed by atoms with Crippen LogP contribution in [-0.4, -0.2) is 48.3 Å². The van der Waals surface area contributed by atoms with E-state index in [-0.39, 0.29) is 18.2 Å². The molecule has 33 heavy (non-hydrogen) atoms. The molecule has 8 nitrogen and oxygen atoms in total. The summed E-state index contributed by atoms with van der Waals surface area (Å²) in [5, 5.41) is 23.5. The molecule has 0 spiro atoms. The van der Waals surface area contributed by atoms with Crippen molar-refractivity contribution in [3.8, 4) is 0 Å². The van der Waals surface area contributed by atoms with Crippen molar-refractivity contribution in [2.75, 3.05) is 13.2 Å². The first-order chi connectivity index (χ1) is 16.1. The van der Waals surface area contributed by atoms with Crippen molar-refractivity contribution in [3.05, 3.63) is 51.6 Å². The van der Waals surface area contributed by atoms with E-state index in [1.165, 1.54) is 19.3 Å². The molecule has 2 aromatic heterocycles. The maximum atomic E-state index is 13.0. The van der Waals surface area contributed by atoms with Gasteiger partial charge in [0.05, 0.1) is 17.6 Å². The summed E-state index contributed by atoms with van der Waals surface area (Å²) in [6.07, 6.45) is 8.42. The van der Waals surface area contributed by atoms with E-state index in [9.17, 15) is 9.90 Å². The minimum Gasteiger partial charge on any atom is -0.396 e. The lowest BCUT2D eigenvalue weighted by molar-refractivity contribution is 0.143. The summed E-state index contributed by atoms with van der Waals surface area (Å²) in [5.41, 5.74) is 2.61. The van der Waals surface area contributed by atoms with Gasteiger partial charge in [-0.1, -0.05) is 50.8 Å². The summed E-state index contributed by atoms with van der Waals surface area (Å²) in [6, 6.07) is 8.39. The highest BCUT2D eigenvalue weighted by Crippen LogP contribution is 2.32. The number of nitrogens with zero attached hydrogens (tertiary/aromatic N) is 5. The highest BCUT2D eigenvalue weighted by atomic mass is 16.3. The van der Waals surface area contributed by atoms with Crippen LogP contribution in [0.15, 0.2) is 29.1 Å². The zero-order valence-electron chi connectivity index (χ0n) is 19.8. The lowest BCUT2D eigenvalue weighted by Gasteiger charge is -2.32. The standard InChI is InChI=1S/C25H36N6O2/c1-3-9-22(24-27-28-29-31(24)21-12-5-4-6-13-21)30(14-8-15-32)17-20-16-19-11-7-10-18(2)23(19)26-25(20)33/h7,10-11,16,21-22,32H,3-6,8-9,12-15,17H2,1-2H3,(H,26,33)/t22-/m0/s1. The number of rotatable bonds is 10. The van der Waals surface area contributed by atoms with Gasteiger partial charge in [0.1, 0.15) is 0 Å². The molecule has 0 aliphatic heterocycles. The summed E-state index contributed by atoms with van der Waals surface area (Å²) < 4.78 is 2.04. The fraction of sp³-hybridized carbons (Fsp3) is 0.600. The maximum Gasteiger partial charge on any atom is 0.252 e. The number of nitrogens with one attached hydrogen (secondary N) is 1. The van der Waals surface area contributed by atoms with Gasteiger partial charge in [0.15, 0.2) is 5.82 Å². The molecular formula is C25H36N6O2. The number of aromatic amines is 1. The first kappa shape index (κ1) is 23.6. The van der Waals surface area contributed by atoms with Crippen molar-refractivity contribution in [1.29, 1.82) is 0 Å². The number of aliphatic hydroxyl groups is 1. The second kappa shape index (κ2) is 11.0. The third-order valence-electron chi connectivity index (χ3n) is 6.88. The minimum atomic E-state index is -0.0621. The smallest absolute Gasteiger partial charge is 0.252 e. The molecule has 2 heterocycles. The van der Waals surface area contributed by atoms with Crippen LogP contribution >= 0.6 is 0 Å². The number of aromatic nitrogens is 5. The Morgan fingerprint density at radius 1 is 1.27 bits per heavy atom. The quantitative estimate of drug-likeness (QED) is 0.481. The van der Waals surface area contributed by atoms with Gasteiger partial charge < -0.3 is 10.1 Å². The van der Waals surface area contributed by atoms with Gasteiger partial charge >= 0.3 is 0 Å². The summed E-state index contributed by atoms with van der Waals surface area (Å²) in [7, 11) is 0. The van der Waals surface area contributed by atoms with Crippen molar-refractivity contribution in [1.82, 2.24) is 30.1 Å². The van der Waals surface area contributed by atoms with Crippen molar-refractivity contribution in [3.63, 3.8) is 0 Å². The molecule has 1 aliphatic rings. The van der Waals surface area contributed by atoms with Crippen LogP contribution in [0.4, 0.5) is 0 Å². The Hall–Kier alpha value is -2.58. The molecule has 1 atom stereocenters. The van der Waals surface area contributed by atoms with Crippen molar-refractivity contribution >= 4 is 10.9 Å². The van der Waals surface area contributed by atoms with E-state index in [0.29, 0.717) is 25.6 Å². The SMILES string of the molecule is CCC[C@@H](c1nnnn1C1CCCCC1)N(CCCO)Cc1cc2cccc(C)c2[nH]c1=O. The van der Waals surface area contributed by atoms with Crippen LogP contribution in [0, 0.1) is 6.92 Å². The van der Waals surface area contributed by atoms with Crippen LogP contribution < -0.4 is 5.56 Å². The highest BCUT2D eigenvalue weighted by molar-refractivity contribution is 5.81. The molecule has 178 valence electrons. The Kier molecular flexibility index (Phi) is 7.88. The molecule has 4 rings (SSSR count). The first-order valence-corrected chi connectivity index (χ1v) is 12.4. The van der Waals surface area contributed by atoms with Gasteiger partial charge in [-0.15, -0.1) is 5.10 Å². The fourth-order valence-corrected chi connectivity index (χ4v) is 5.14. The molecule has 0 saturated heterocycles. The van der Waals surface area contributed by atoms with Crippen LogP contribution in [0.2, 0.25) is 0 Å². The molecule has 8 heteroatoms. The minimum absolute atomic E-state index is 0.00826. The summed E-state index contributed by atoms with van der Waals surface area (Å²) in [5.74, 6) is 0.884. The largest absolute Gasteiger partial charge is 0.396 e. The molecule has 2 N–H and O–H groups in total. The molecule has 1 fully saturated rings. The number of pyridine rings is 1. The maximum absolute atomic E-state index is 13.0. The van der Waals surface area contributed by atoms with E-state index in [1.807, 2.05) is 35.9 Å². The molecule has 1 aromatic carbocycles. The summed E-state index contributed by atoms with van der Waals surface area (Å²) in [6.45, 7) is 5.44. The monoisotopic (exact) mass is 452 g/mol. The van der Waals surface area contributed by atoms with Crippen molar-refractivity contribution in [2.45, 2.75) is 83.8 Å². The van der Waals surface area contributed by atoms with Crippen LogP contribution in [0.1, 0.15) is 87.3 Å². The third kappa shape index (κ3) is 5.33. The summed E-state index contributed by atoms with van der Waals surface area (Å²) >= 11 is 0. The van der Waals surface area contributed by atoms with Crippen molar-refractivity contribution in [2.24, 2.45) is 0 Å². The molecule has 0 amide bonds. The van der Waals surface area contributed by atoms with E-state index < -0.39 is 0 Å². The van der Waals surface area contributed by atoms with Gasteiger partial charge in [-0.05, 0) is 60.0 Å². The Labute approximate surface area is 195 Å². The lowest BCUT2D eigenvalue weighted by Crippen LogP contribution is -2.34. The topological polar surface area (TPSA) is 99.9 Å². The zero-order chi connectivity index (χ0) is 23.2. The molecule has 0 bridgehead atoms. The number of H-pyrrole nitrogens is 1.